The van der Waals surface area contributed by atoms with E-state index in [1.165, 1.54) is 18.2 Å². The summed E-state index contributed by atoms with van der Waals surface area (Å²) in [6.07, 6.45) is 0. The van der Waals surface area contributed by atoms with Gasteiger partial charge in [0.15, 0.2) is 0 Å². The van der Waals surface area contributed by atoms with Gasteiger partial charge >= 0.3 is 17.0 Å². The molecule has 0 heterocycles. The van der Waals surface area contributed by atoms with Gasteiger partial charge in [0.1, 0.15) is 5.69 Å². The third kappa shape index (κ3) is 2.18. The number of nitrogen functional groups attached to an aromatic ring is 1. The number of anilines is 1. The number of benzene rings is 1. The van der Waals surface area contributed by atoms with Crippen LogP contribution in [0.2, 0.25) is 0 Å². The van der Waals surface area contributed by atoms with E-state index in [0.717, 1.165) is 0 Å². The van der Waals surface area contributed by atoms with Gasteiger partial charge in [-0.25, -0.2) is 0 Å². The van der Waals surface area contributed by atoms with Crippen LogP contribution < -0.4 is 9.92 Å². The molecule has 0 bridgehead atoms. The Kier molecular flexibility index (Phi) is 2.99. The molecule has 1 aromatic rings. The SMILES string of the molecule is Nc1cccc(OS(=O)O)c1[N+](=O)[O-]. The number of nitrogens with two attached hydrogens (primary N) is 1. The number of rotatable bonds is 3. The van der Waals surface area contributed by atoms with E-state index < -0.39 is 22.0 Å². The smallest absolute Gasteiger partial charge is 0.357 e. The maximum atomic E-state index is 10.5. The zero-order valence-corrected chi connectivity index (χ0v) is 7.56. The molecule has 1 unspecified atom stereocenters. The van der Waals surface area contributed by atoms with E-state index in [9.17, 15) is 14.3 Å². The van der Waals surface area contributed by atoms with Crippen molar-refractivity contribution in [1.82, 2.24) is 0 Å². The Hall–Kier alpha value is -1.67. The number of nitro groups is 1. The monoisotopic (exact) mass is 218 g/mol. The molecule has 0 aliphatic heterocycles. The van der Waals surface area contributed by atoms with Crippen LogP contribution in [0.15, 0.2) is 18.2 Å². The molecule has 3 N–H and O–H groups in total. The van der Waals surface area contributed by atoms with Crippen molar-refractivity contribution >= 4 is 22.7 Å². The van der Waals surface area contributed by atoms with Crippen LogP contribution in [-0.4, -0.2) is 13.7 Å². The summed E-state index contributed by atoms with van der Waals surface area (Å²) >= 11 is -2.61. The molecule has 0 saturated heterocycles. The maximum absolute atomic E-state index is 10.5. The Morgan fingerprint density at radius 3 is 2.71 bits per heavy atom. The molecule has 0 spiro atoms. The van der Waals surface area contributed by atoms with Crippen molar-refractivity contribution in [2.75, 3.05) is 5.73 Å². The van der Waals surface area contributed by atoms with E-state index in [1.807, 2.05) is 0 Å². The van der Waals surface area contributed by atoms with Gasteiger partial charge in [-0.3, -0.25) is 14.7 Å². The first-order valence-electron chi connectivity index (χ1n) is 3.34. The fourth-order valence-corrected chi connectivity index (χ4v) is 1.17. The van der Waals surface area contributed by atoms with Crippen molar-refractivity contribution in [2.24, 2.45) is 0 Å². The first kappa shape index (κ1) is 10.4. The van der Waals surface area contributed by atoms with E-state index in [4.69, 9.17) is 10.3 Å². The standard InChI is InChI=1S/C6H6N2O5S/c7-4-2-1-3-5(13-14(11)12)6(4)8(9)10/h1-3H,7H2,(H,11,12). The average molecular weight is 218 g/mol. The second-order valence-electron chi connectivity index (χ2n) is 2.25. The molecule has 0 aromatic heterocycles. The molecule has 0 saturated carbocycles. The zero-order valence-electron chi connectivity index (χ0n) is 6.75. The third-order valence-corrected chi connectivity index (χ3v) is 1.70. The van der Waals surface area contributed by atoms with Gasteiger partial charge in [-0.15, -0.1) is 0 Å². The lowest BCUT2D eigenvalue weighted by molar-refractivity contribution is -0.384. The second kappa shape index (κ2) is 4.03. The van der Waals surface area contributed by atoms with Crippen molar-refractivity contribution in [3.63, 3.8) is 0 Å². The van der Waals surface area contributed by atoms with Crippen molar-refractivity contribution in [3.05, 3.63) is 28.3 Å². The topological polar surface area (TPSA) is 116 Å². The molecule has 0 aliphatic rings. The van der Waals surface area contributed by atoms with E-state index in [1.54, 1.807) is 0 Å². The summed E-state index contributed by atoms with van der Waals surface area (Å²) in [5.41, 5.74) is 4.65. The van der Waals surface area contributed by atoms with Crippen LogP contribution in [0.25, 0.3) is 0 Å². The quantitative estimate of drug-likeness (QED) is 0.333. The first-order valence-corrected chi connectivity index (χ1v) is 4.37. The van der Waals surface area contributed by atoms with E-state index >= 15 is 0 Å². The molecule has 0 amide bonds. The van der Waals surface area contributed by atoms with Crippen molar-refractivity contribution < 1.29 is 17.9 Å². The van der Waals surface area contributed by atoms with Gasteiger partial charge < -0.3 is 9.92 Å². The zero-order chi connectivity index (χ0) is 10.7. The van der Waals surface area contributed by atoms with Gasteiger partial charge in [0.2, 0.25) is 5.75 Å². The predicted molar refractivity (Wildman–Crippen MR) is 48.9 cm³/mol. The Morgan fingerprint density at radius 2 is 2.21 bits per heavy atom. The van der Waals surface area contributed by atoms with Crippen molar-refractivity contribution in [3.8, 4) is 5.75 Å². The molecule has 7 nitrogen and oxygen atoms in total. The molecule has 76 valence electrons. The number of para-hydroxylation sites is 1. The van der Waals surface area contributed by atoms with Crippen LogP contribution >= 0.6 is 0 Å². The minimum Gasteiger partial charge on any atom is -0.393 e. The van der Waals surface area contributed by atoms with Crippen LogP contribution in [0.3, 0.4) is 0 Å². The predicted octanol–water partition coefficient (Wildman–Crippen LogP) is 0.692. The Balaban J connectivity index is 3.21. The van der Waals surface area contributed by atoms with Crippen LogP contribution in [-0.2, 0) is 11.4 Å². The average Bonchev–Trinajstić information content (AvgIpc) is 2.01. The van der Waals surface area contributed by atoms with Gasteiger partial charge in [0, 0.05) is 0 Å². The van der Waals surface area contributed by atoms with Gasteiger partial charge in [0.25, 0.3) is 0 Å². The molecule has 14 heavy (non-hydrogen) atoms. The summed E-state index contributed by atoms with van der Waals surface area (Å²) in [6, 6.07) is 3.86. The van der Waals surface area contributed by atoms with Crippen LogP contribution in [0.5, 0.6) is 5.75 Å². The summed E-state index contributed by atoms with van der Waals surface area (Å²) in [5, 5.41) is 10.5. The summed E-state index contributed by atoms with van der Waals surface area (Å²) in [6.45, 7) is 0. The molecule has 0 fully saturated rings. The van der Waals surface area contributed by atoms with E-state index in [-0.39, 0.29) is 11.4 Å². The van der Waals surface area contributed by atoms with Gasteiger partial charge in [0.05, 0.1) is 4.92 Å². The highest BCUT2D eigenvalue weighted by Gasteiger charge is 2.20. The summed E-state index contributed by atoms with van der Waals surface area (Å²) in [4.78, 5) is 9.71. The molecular weight excluding hydrogens is 212 g/mol. The first-order chi connectivity index (χ1) is 6.52. The lowest BCUT2D eigenvalue weighted by Crippen LogP contribution is -2.03. The number of nitrogens with zero attached hydrogens (tertiary/aromatic N) is 1. The normalized spacial score (nSPS) is 12.1. The lowest BCUT2D eigenvalue weighted by Gasteiger charge is -2.02. The molecule has 0 aliphatic carbocycles. The Labute approximate surface area is 81.1 Å². The van der Waals surface area contributed by atoms with Crippen LogP contribution in [0, 0.1) is 10.1 Å². The van der Waals surface area contributed by atoms with Crippen LogP contribution in [0.1, 0.15) is 0 Å². The van der Waals surface area contributed by atoms with Gasteiger partial charge in [-0.2, -0.15) is 4.21 Å². The second-order valence-corrected chi connectivity index (χ2v) is 2.85. The maximum Gasteiger partial charge on any atom is 0.357 e. The van der Waals surface area contributed by atoms with E-state index in [2.05, 4.69) is 4.18 Å². The summed E-state index contributed by atoms with van der Waals surface area (Å²) in [7, 11) is 0. The lowest BCUT2D eigenvalue weighted by atomic mass is 10.2. The molecule has 1 rings (SSSR count). The van der Waals surface area contributed by atoms with E-state index in [0.29, 0.717) is 0 Å². The number of hydrogen-bond donors (Lipinski definition) is 2. The fraction of sp³-hybridized carbons (Fsp3) is 0. The van der Waals surface area contributed by atoms with Crippen molar-refractivity contribution in [2.45, 2.75) is 0 Å². The van der Waals surface area contributed by atoms with Crippen LogP contribution in [0.4, 0.5) is 11.4 Å². The highest BCUT2D eigenvalue weighted by Crippen LogP contribution is 2.32. The minimum absolute atomic E-state index is 0.127. The molecule has 0 radical (unpaired) electrons. The highest BCUT2D eigenvalue weighted by molar-refractivity contribution is 7.74. The summed E-state index contributed by atoms with van der Waals surface area (Å²) in [5.74, 6) is -0.337. The highest BCUT2D eigenvalue weighted by atomic mass is 32.2. The third-order valence-electron chi connectivity index (χ3n) is 1.37. The Morgan fingerprint density at radius 1 is 1.57 bits per heavy atom. The minimum atomic E-state index is -2.61. The molecule has 8 heteroatoms. The molecule has 1 atom stereocenters. The van der Waals surface area contributed by atoms with Gasteiger partial charge in [-0.05, 0) is 12.1 Å². The fourth-order valence-electron chi connectivity index (χ4n) is 0.879. The molecular formula is C6H6N2O5S. The summed E-state index contributed by atoms with van der Waals surface area (Å²) < 4.78 is 23.0. The molecule has 1 aromatic carbocycles. The number of nitro benzene ring substituents is 1. The number of hydrogen-bond acceptors (Lipinski definition) is 5. The Bertz CT molecular complexity index is 394. The van der Waals surface area contributed by atoms with Crippen molar-refractivity contribution in [1.29, 1.82) is 0 Å². The largest absolute Gasteiger partial charge is 0.393 e. The van der Waals surface area contributed by atoms with Gasteiger partial charge in [-0.1, -0.05) is 6.07 Å².